The van der Waals surface area contributed by atoms with Crippen molar-refractivity contribution in [2.75, 3.05) is 0 Å². The summed E-state index contributed by atoms with van der Waals surface area (Å²) in [6.07, 6.45) is 5.20. The van der Waals surface area contributed by atoms with Gasteiger partial charge in [-0.1, -0.05) is 6.07 Å². The number of aliphatic imine (C=N–C) groups is 1. The Morgan fingerprint density at radius 2 is 2.11 bits per heavy atom. The van der Waals surface area contributed by atoms with E-state index in [9.17, 15) is 4.79 Å². The van der Waals surface area contributed by atoms with Crippen LogP contribution >= 0.6 is 0 Å². The number of fused-ring (bicyclic) bond motifs is 1. The fourth-order valence-electron chi connectivity index (χ4n) is 1.74. The molecule has 2 aromatic heterocycles. The molecule has 0 aliphatic carbocycles. The summed E-state index contributed by atoms with van der Waals surface area (Å²) in [5.41, 5.74) is 1.94. The smallest absolute Gasteiger partial charge is 0.336 e. The summed E-state index contributed by atoms with van der Waals surface area (Å²) in [5, 5.41) is 0.848. The molecule has 0 saturated carbocycles. The molecule has 0 unspecified atom stereocenters. The van der Waals surface area contributed by atoms with Crippen molar-refractivity contribution in [3.05, 3.63) is 70.8 Å². The van der Waals surface area contributed by atoms with Crippen LogP contribution < -0.4 is 5.63 Å². The quantitative estimate of drug-likeness (QED) is 0.519. The van der Waals surface area contributed by atoms with Crippen LogP contribution in [0.4, 0.5) is 5.69 Å². The minimum absolute atomic E-state index is 0.348. The van der Waals surface area contributed by atoms with Gasteiger partial charge < -0.3 is 4.42 Å². The normalized spacial score (nSPS) is 11.2. The zero-order valence-electron chi connectivity index (χ0n) is 9.98. The highest BCUT2D eigenvalue weighted by molar-refractivity contribution is 5.84. The number of aromatic nitrogens is 1. The lowest BCUT2D eigenvalue weighted by molar-refractivity contribution is 0.561. The van der Waals surface area contributed by atoms with E-state index in [0.29, 0.717) is 5.58 Å². The van der Waals surface area contributed by atoms with E-state index in [4.69, 9.17) is 4.42 Å². The summed E-state index contributed by atoms with van der Waals surface area (Å²) in [6.45, 7) is 0. The molecule has 0 aliphatic rings. The van der Waals surface area contributed by atoms with E-state index in [1.165, 1.54) is 6.07 Å². The van der Waals surface area contributed by atoms with Gasteiger partial charge in [-0.2, -0.15) is 0 Å². The van der Waals surface area contributed by atoms with E-state index < -0.39 is 0 Å². The van der Waals surface area contributed by atoms with Crippen molar-refractivity contribution in [2.45, 2.75) is 0 Å². The van der Waals surface area contributed by atoms with Gasteiger partial charge >= 0.3 is 5.63 Å². The van der Waals surface area contributed by atoms with Crippen molar-refractivity contribution in [3.8, 4) is 0 Å². The first-order chi connectivity index (χ1) is 9.31. The molecule has 1 aromatic carbocycles. The number of benzene rings is 1. The van der Waals surface area contributed by atoms with E-state index in [2.05, 4.69) is 9.98 Å². The second kappa shape index (κ2) is 4.86. The second-order valence-electron chi connectivity index (χ2n) is 4.02. The lowest BCUT2D eigenvalue weighted by Crippen LogP contribution is -1.93. The molecule has 0 spiro atoms. The molecular weight excluding hydrogens is 240 g/mol. The highest BCUT2D eigenvalue weighted by atomic mass is 16.4. The Balaban J connectivity index is 1.96. The van der Waals surface area contributed by atoms with Gasteiger partial charge in [0, 0.05) is 35.6 Å². The van der Waals surface area contributed by atoms with E-state index in [-0.39, 0.29) is 5.63 Å². The lowest BCUT2D eigenvalue weighted by atomic mass is 10.2. The van der Waals surface area contributed by atoms with Crippen molar-refractivity contribution in [1.82, 2.24) is 4.98 Å². The molecule has 0 aliphatic heterocycles. The zero-order valence-corrected chi connectivity index (χ0v) is 9.98. The van der Waals surface area contributed by atoms with Crippen LogP contribution in [0.3, 0.4) is 0 Å². The van der Waals surface area contributed by atoms with Crippen LogP contribution in [0.5, 0.6) is 0 Å². The van der Waals surface area contributed by atoms with Gasteiger partial charge in [-0.15, -0.1) is 0 Å². The largest absolute Gasteiger partial charge is 0.423 e. The maximum Gasteiger partial charge on any atom is 0.336 e. The van der Waals surface area contributed by atoms with E-state index in [0.717, 1.165) is 16.6 Å². The Bertz CT molecular complexity index is 792. The number of rotatable bonds is 2. The maximum absolute atomic E-state index is 11.1. The third kappa shape index (κ3) is 2.57. The minimum atomic E-state index is -0.348. The molecule has 92 valence electrons. The van der Waals surface area contributed by atoms with Crippen LogP contribution in [-0.4, -0.2) is 11.2 Å². The first-order valence-corrected chi connectivity index (χ1v) is 5.79. The first kappa shape index (κ1) is 11.3. The van der Waals surface area contributed by atoms with Crippen molar-refractivity contribution in [3.63, 3.8) is 0 Å². The van der Waals surface area contributed by atoms with Gasteiger partial charge in [-0.25, -0.2) is 4.79 Å². The van der Waals surface area contributed by atoms with E-state index in [1.807, 2.05) is 18.2 Å². The van der Waals surface area contributed by atoms with Gasteiger partial charge in [0.2, 0.25) is 0 Å². The van der Waals surface area contributed by atoms with Crippen molar-refractivity contribution in [2.24, 2.45) is 4.99 Å². The summed E-state index contributed by atoms with van der Waals surface area (Å²) in [5.74, 6) is 0. The maximum atomic E-state index is 11.1. The lowest BCUT2D eigenvalue weighted by Gasteiger charge is -1.97. The molecule has 0 bridgehead atoms. The Kier molecular flexibility index (Phi) is 2.90. The van der Waals surface area contributed by atoms with Gasteiger partial charge in [0.1, 0.15) is 5.58 Å². The molecule has 19 heavy (non-hydrogen) atoms. The summed E-state index contributed by atoms with van der Waals surface area (Å²) in [4.78, 5) is 19.5. The van der Waals surface area contributed by atoms with Crippen molar-refractivity contribution < 1.29 is 4.42 Å². The Hall–Kier alpha value is -2.75. The summed E-state index contributed by atoms with van der Waals surface area (Å²) < 4.78 is 5.06. The average molecular weight is 250 g/mol. The highest BCUT2D eigenvalue weighted by Crippen LogP contribution is 2.19. The number of nitrogens with zero attached hydrogens (tertiary/aromatic N) is 2. The molecule has 0 fully saturated rings. The molecule has 4 heteroatoms. The van der Waals surface area contributed by atoms with Gasteiger partial charge in [-0.05, 0) is 30.3 Å². The predicted octanol–water partition coefficient (Wildman–Crippen LogP) is 2.94. The number of hydrogen-bond acceptors (Lipinski definition) is 4. The molecule has 3 aromatic rings. The Labute approximate surface area is 109 Å². The van der Waals surface area contributed by atoms with Crippen molar-refractivity contribution in [1.29, 1.82) is 0 Å². The molecule has 0 radical (unpaired) electrons. The third-order valence-electron chi connectivity index (χ3n) is 2.65. The monoisotopic (exact) mass is 250 g/mol. The summed E-state index contributed by atoms with van der Waals surface area (Å²) in [7, 11) is 0. The minimum Gasteiger partial charge on any atom is -0.423 e. The van der Waals surface area contributed by atoms with E-state index >= 15 is 0 Å². The zero-order chi connectivity index (χ0) is 13.1. The van der Waals surface area contributed by atoms with Gasteiger partial charge in [0.05, 0.1) is 5.69 Å². The van der Waals surface area contributed by atoms with Gasteiger partial charge in [-0.3, -0.25) is 9.98 Å². The number of pyridine rings is 1. The number of hydrogen-bond donors (Lipinski definition) is 0. The van der Waals surface area contributed by atoms with Gasteiger partial charge in [0.15, 0.2) is 0 Å². The summed E-state index contributed by atoms with van der Waals surface area (Å²) in [6, 6.07) is 12.3. The molecule has 0 N–H and O–H groups in total. The van der Waals surface area contributed by atoms with Crippen LogP contribution in [0.1, 0.15) is 5.56 Å². The first-order valence-electron chi connectivity index (χ1n) is 5.79. The Morgan fingerprint density at radius 3 is 2.95 bits per heavy atom. The molecular formula is C15H10N2O2. The summed E-state index contributed by atoms with van der Waals surface area (Å²) >= 11 is 0. The standard InChI is InChI=1S/C15H10N2O2/c18-15-6-3-12-8-13(4-5-14(12)19-15)17-10-11-2-1-7-16-9-11/h1-10H. The Morgan fingerprint density at radius 1 is 1.16 bits per heavy atom. The fourth-order valence-corrected chi connectivity index (χ4v) is 1.74. The predicted molar refractivity (Wildman–Crippen MR) is 74.0 cm³/mol. The average Bonchev–Trinajstić information content (AvgIpc) is 2.46. The van der Waals surface area contributed by atoms with Crippen LogP contribution in [0.2, 0.25) is 0 Å². The van der Waals surface area contributed by atoms with E-state index in [1.54, 1.807) is 36.8 Å². The van der Waals surface area contributed by atoms with Crippen LogP contribution in [0.15, 0.2) is 69.1 Å². The van der Waals surface area contributed by atoms with Crippen LogP contribution in [0.25, 0.3) is 11.0 Å². The van der Waals surface area contributed by atoms with Crippen LogP contribution in [-0.2, 0) is 0 Å². The third-order valence-corrected chi connectivity index (χ3v) is 2.65. The van der Waals surface area contributed by atoms with Crippen LogP contribution in [0, 0.1) is 0 Å². The van der Waals surface area contributed by atoms with Crippen molar-refractivity contribution >= 4 is 22.9 Å². The highest BCUT2D eigenvalue weighted by Gasteiger charge is 1.97. The topological polar surface area (TPSA) is 55.5 Å². The SMILES string of the molecule is O=c1ccc2cc(N=Cc3cccnc3)ccc2o1. The van der Waals surface area contributed by atoms with Gasteiger partial charge in [0.25, 0.3) is 0 Å². The second-order valence-corrected chi connectivity index (χ2v) is 4.02. The molecule has 0 amide bonds. The fraction of sp³-hybridized carbons (Fsp3) is 0. The molecule has 0 saturated heterocycles. The molecule has 2 heterocycles. The molecule has 0 atom stereocenters. The molecule has 3 rings (SSSR count). The molecule has 4 nitrogen and oxygen atoms in total.